The second kappa shape index (κ2) is 6.55. The molecule has 1 atom stereocenters. The van der Waals surface area contributed by atoms with E-state index in [1.54, 1.807) is 0 Å². The number of carbonyl (C=O) groups is 1. The third-order valence-corrected chi connectivity index (χ3v) is 4.76. The van der Waals surface area contributed by atoms with E-state index in [0.717, 1.165) is 38.9 Å². The Hall–Kier alpha value is -0.770. The first-order valence-corrected chi connectivity index (χ1v) is 8.49. The van der Waals surface area contributed by atoms with Gasteiger partial charge in [-0.05, 0) is 58.3 Å². The van der Waals surface area contributed by atoms with E-state index in [0.29, 0.717) is 11.5 Å². The summed E-state index contributed by atoms with van der Waals surface area (Å²) in [7, 11) is 0. The molecule has 1 aliphatic heterocycles. The molecule has 0 aromatic heterocycles. The van der Waals surface area contributed by atoms with Gasteiger partial charge in [0.25, 0.3) is 0 Å². The number of ether oxygens (including phenoxy) is 1. The van der Waals surface area contributed by atoms with Crippen LogP contribution in [0.15, 0.2) is 0 Å². The van der Waals surface area contributed by atoms with Crippen molar-refractivity contribution in [1.29, 1.82) is 0 Å². The number of hydrogen-bond acceptors (Lipinski definition) is 3. The van der Waals surface area contributed by atoms with Gasteiger partial charge in [0, 0.05) is 25.7 Å². The molecule has 1 aliphatic carbocycles. The Morgan fingerprint density at radius 1 is 1.24 bits per heavy atom. The summed E-state index contributed by atoms with van der Waals surface area (Å²) in [4.78, 5) is 14.0. The molecule has 0 bridgehead atoms. The Balaban J connectivity index is 1.75. The molecule has 2 rings (SSSR count). The molecule has 1 saturated carbocycles. The topological polar surface area (TPSA) is 41.6 Å². The van der Waals surface area contributed by atoms with Crippen molar-refractivity contribution >= 4 is 6.09 Å². The van der Waals surface area contributed by atoms with Crippen molar-refractivity contribution in [1.82, 2.24) is 10.2 Å². The lowest BCUT2D eigenvalue weighted by atomic mass is 9.70. The van der Waals surface area contributed by atoms with Crippen LogP contribution in [0.5, 0.6) is 0 Å². The lowest BCUT2D eigenvalue weighted by molar-refractivity contribution is 0.0255. The number of rotatable bonds is 3. The van der Waals surface area contributed by atoms with E-state index in [1.165, 1.54) is 19.3 Å². The minimum Gasteiger partial charge on any atom is -0.444 e. The van der Waals surface area contributed by atoms with Crippen molar-refractivity contribution in [3.63, 3.8) is 0 Å². The van der Waals surface area contributed by atoms with Crippen LogP contribution >= 0.6 is 0 Å². The van der Waals surface area contributed by atoms with E-state index >= 15 is 0 Å². The van der Waals surface area contributed by atoms with Gasteiger partial charge in [-0.15, -0.1) is 0 Å². The minimum absolute atomic E-state index is 0.158. The third kappa shape index (κ3) is 5.17. The maximum Gasteiger partial charge on any atom is 0.410 e. The Labute approximate surface area is 129 Å². The average Bonchev–Trinajstić information content (AvgIpc) is 2.57. The first-order chi connectivity index (χ1) is 9.77. The summed E-state index contributed by atoms with van der Waals surface area (Å²) in [6, 6.07) is 0.551. The van der Waals surface area contributed by atoms with Gasteiger partial charge in [0.1, 0.15) is 5.60 Å². The van der Waals surface area contributed by atoms with Crippen LogP contribution in [0.2, 0.25) is 0 Å². The van der Waals surface area contributed by atoms with Gasteiger partial charge in [-0.2, -0.15) is 0 Å². The van der Waals surface area contributed by atoms with Crippen LogP contribution in [0.3, 0.4) is 0 Å². The fourth-order valence-electron chi connectivity index (χ4n) is 3.16. The second-order valence-corrected chi connectivity index (χ2v) is 8.14. The van der Waals surface area contributed by atoms with E-state index < -0.39 is 5.60 Å². The molecule has 4 nitrogen and oxygen atoms in total. The van der Waals surface area contributed by atoms with Gasteiger partial charge >= 0.3 is 6.09 Å². The Bertz CT molecular complexity index is 358. The second-order valence-electron chi connectivity index (χ2n) is 8.14. The van der Waals surface area contributed by atoms with Crippen molar-refractivity contribution < 1.29 is 9.53 Å². The highest BCUT2D eigenvalue weighted by atomic mass is 16.6. The van der Waals surface area contributed by atoms with Crippen LogP contribution in [0.1, 0.15) is 66.2 Å². The number of nitrogens with one attached hydrogen (secondary N) is 1. The number of nitrogens with zero attached hydrogens (tertiary/aromatic N) is 1. The first kappa shape index (κ1) is 16.6. The molecule has 122 valence electrons. The fourth-order valence-corrected chi connectivity index (χ4v) is 3.16. The number of likely N-dealkylation sites (tertiary alicyclic amines) is 1. The lowest BCUT2D eigenvalue weighted by Crippen LogP contribution is -2.42. The fraction of sp³-hybridized carbons (Fsp3) is 0.941. The van der Waals surface area contributed by atoms with Crippen LogP contribution in [-0.2, 0) is 4.74 Å². The molecule has 1 saturated heterocycles. The first-order valence-electron chi connectivity index (χ1n) is 8.49. The lowest BCUT2D eigenvalue weighted by Gasteiger charge is -2.39. The molecule has 0 aromatic rings. The van der Waals surface area contributed by atoms with Crippen molar-refractivity contribution in [2.24, 2.45) is 5.41 Å². The minimum atomic E-state index is -0.403. The molecule has 0 radical (unpaired) electrons. The Morgan fingerprint density at radius 3 is 2.52 bits per heavy atom. The summed E-state index contributed by atoms with van der Waals surface area (Å²) in [6.45, 7) is 10.9. The van der Waals surface area contributed by atoms with Gasteiger partial charge in [0.15, 0.2) is 0 Å². The number of carbonyl (C=O) groups excluding carboxylic acids is 1. The molecule has 1 unspecified atom stereocenters. The van der Waals surface area contributed by atoms with Gasteiger partial charge in [-0.1, -0.05) is 13.3 Å². The molecular formula is C17H32N2O2. The molecule has 1 heterocycles. The summed E-state index contributed by atoms with van der Waals surface area (Å²) in [5, 5.41) is 3.73. The SMILES string of the molecule is CC1(CNC2CCCN(C(=O)OC(C)(C)C)CC2)CCC1. The maximum atomic E-state index is 12.1. The quantitative estimate of drug-likeness (QED) is 0.866. The molecule has 2 fully saturated rings. The van der Waals surface area contributed by atoms with E-state index in [9.17, 15) is 4.79 Å². The molecule has 4 heteroatoms. The summed E-state index contributed by atoms with van der Waals surface area (Å²) in [5.41, 5.74) is 0.122. The average molecular weight is 296 g/mol. The van der Waals surface area contributed by atoms with E-state index in [2.05, 4.69) is 12.2 Å². The van der Waals surface area contributed by atoms with E-state index in [-0.39, 0.29) is 6.09 Å². The highest BCUT2D eigenvalue weighted by molar-refractivity contribution is 5.68. The predicted molar refractivity (Wildman–Crippen MR) is 85.4 cm³/mol. The van der Waals surface area contributed by atoms with Crippen molar-refractivity contribution in [2.45, 2.75) is 77.9 Å². The summed E-state index contributed by atoms with van der Waals surface area (Å²) in [5.74, 6) is 0. The standard InChI is InChI=1S/C17H32N2O2/c1-16(2,3)21-15(20)19-11-5-7-14(8-12-19)18-13-17(4)9-6-10-17/h14,18H,5-13H2,1-4H3. The normalized spacial score (nSPS) is 25.9. The van der Waals surface area contributed by atoms with Crippen LogP contribution in [0.4, 0.5) is 4.79 Å². The van der Waals surface area contributed by atoms with Crippen molar-refractivity contribution in [2.75, 3.05) is 19.6 Å². The van der Waals surface area contributed by atoms with Gasteiger partial charge < -0.3 is 15.0 Å². The van der Waals surface area contributed by atoms with Crippen LogP contribution < -0.4 is 5.32 Å². The smallest absolute Gasteiger partial charge is 0.410 e. The van der Waals surface area contributed by atoms with Gasteiger partial charge in [-0.3, -0.25) is 0 Å². The highest BCUT2D eigenvalue weighted by Gasteiger charge is 2.32. The molecule has 1 amide bonds. The van der Waals surface area contributed by atoms with Gasteiger partial charge in [0.2, 0.25) is 0 Å². The van der Waals surface area contributed by atoms with E-state index in [1.807, 2.05) is 25.7 Å². The van der Waals surface area contributed by atoms with E-state index in [4.69, 9.17) is 4.74 Å². The zero-order valence-corrected chi connectivity index (χ0v) is 14.2. The molecule has 1 N–H and O–H groups in total. The Morgan fingerprint density at radius 2 is 1.95 bits per heavy atom. The molecule has 2 aliphatic rings. The van der Waals surface area contributed by atoms with Gasteiger partial charge in [0.05, 0.1) is 0 Å². The third-order valence-electron chi connectivity index (χ3n) is 4.76. The molecule has 21 heavy (non-hydrogen) atoms. The van der Waals surface area contributed by atoms with Crippen LogP contribution in [-0.4, -0.2) is 42.3 Å². The zero-order valence-electron chi connectivity index (χ0n) is 14.2. The van der Waals surface area contributed by atoms with Crippen molar-refractivity contribution in [3.8, 4) is 0 Å². The number of hydrogen-bond donors (Lipinski definition) is 1. The Kier molecular flexibility index (Phi) is 5.18. The van der Waals surface area contributed by atoms with Crippen molar-refractivity contribution in [3.05, 3.63) is 0 Å². The summed E-state index contributed by atoms with van der Waals surface area (Å²) < 4.78 is 5.48. The molecule has 0 spiro atoms. The predicted octanol–water partition coefficient (Wildman–Crippen LogP) is 3.56. The van der Waals surface area contributed by atoms with Crippen LogP contribution in [0, 0.1) is 5.41 Å². The highest BCUT2D eigenvalue weighted by Crippen LogP contribution is 2.39. The van der Waals surface area contributed by atoms with Gasteiger partial charge in [-0.25, -0.2) is 4.79 Å². The zero-order chi connectivity index (χ0) is 15.5. The number of amides is 1. The summed E-state index contributed by atoms with van der Waals surface area (Å²) in [6.07, 6.45) is 7.20. The maximum absolute atomic E-state index is 12.1. The largest absolute Gasteiger partial charge is 0.444 e. The summed E-state index contributed by atoms with van der Waals surface area (Å²) >= 11 is 0. The monoisotopic (exact) mass is 296 g/mol. The molecule has 0 aromatic carbocycles. The van der Waals surface area contributed by atoms with Crippen LogP contribution in [0.25, 0.3) is 0 Å². The molecular weight excluding hydrogens is 264 g/mol.